The van der Waals surface area contributed by atoms with Gasteiger partial charge < -0.3 is 10.2 Å². The Bertz CT molecular complexity index is 705. The highest BCUT2D eigenvalue weighted by Gasteiger charge is 2.21. The van der Waals surface area contributed by atoms with Crippen LogP contribution in [0.1, 0.15) is 45.7 Å². The molecular weight excluding hydrogens is 324 g/mol. The lowest BCUT2D eigenvalue weighted by molar-refractivity contribution is 0.189. The predicted octanol–water partition coefficient (Wildman–Crippen LogP) is 3.50. The number of nitrogens with zero attached hydrogens (tertiary/aromatic N) is 5. The SMILES string of the molecule is Cc1nn(C)cc1-c1ccc(NC2CCN(CCC(C)(C)C)CC2)nn1. The third-order valence-corrected chi connectivity index (χ3v) is 5.07. The largest absolute Gasteiger partial charge is 0.366 e. The highest BCUT2D eigenvalue weighted by Crippen LogP contribution is 2.23. The Balaban J connectivity index is 1.50. The van der Waals surface area contributed by atoms with Gasteiger partial charge in [0.05, 0.1) is 11.4 Å². The molecule has 26 heavy (non-hydrogen) atoms. The van der Waals surface area contributed by atoms with Gasteiger partial charge in [0, 0.05) is 37.9 Å². The van der Waals surface area contributed by atoms with E-state index in [0.717, 1.165) is 48.7 Å². The van der Waals surface area contributed by atoms with Gasteiger partial charge in [0.25, 0.3) is 0 Å². The van der Waals surface area contributed by atoms with E-state index in [-0.39, 0.29) is 0 Å². The lowest BCUT2D eigenvalue weighted by Gasteiger charge is -2.34. The average Bonchev–Trinajstić information content (AvgIpc) is 2.93. The van der Waals surface area contributed by atoms with Crippen molar-refractivity contribution in [3.05, 3.63) is 24.0 Å². The molecule has 2 aromatic rings. The number of hydrogen-bond donors (Lipinski definition) is 1. The molecule has 1 N–H and O–H groups in total. The van der Waals surface area contributed by atoms with Crippen LogP contribution >= 0.6 is 0 Å². The van der Waals surface area contributed by atoms with Gasteiger partial charge in [-0.1, -0.05) is 20.8 Å². The van der Waals surface area contributed by atoms with Crippen LogP contribution in [0.15, 0.2) is 18.3 Å². The molecule has 2 aromatic heterocycles. The molecule has 0 radical (unpaired) electrons. The molecule has 3 rings (SSSR count). The fourth-order valence-electron chi connectivity index (χ4n) is 3.41. The van der Waals surface area contributed by atoms with Crippen LogP contribution in [0.5, 0.6) is 0 Å². The molecule has 0 atom stereocenters. The molecule has 0 spiro atoms. The minimum absolute atomic E-state index is 0.416. The highest BCUT2D eigenvalue weighted by molar-refractivity contribution is 5.61. The van der Waals surface area contributed by atoms with E-state index in [1.54, 1.807) is 0 Å². The fraction of sp³-hybridized carbons (Fsp3) is 0.650. The first-order valence-corrected chi connectivity index (χ1v) is 9.63. The zero-order valence-electron chi connectivity index (χ0n) is 16.8. The Labute approximate surface area is 157 Å². The number of hydrogen-bond acceptors (Lipinski definition) is 5. The van der Waals surface area contributed by atoms with Gasteiger partial charge in [-0.25, -0.2) is 0 Å². The molecule has 1 aliphatic rings. The first-order valence-electron chi connectivity index (χ1n) is 9.63. The van der Waals surface area contributed by atoms with Crippen LogP contribution in [0.2, 0.25) is 0 Å². The van der Waals surface area contributed by atoms with Crippen LogP contribution in [0.25, 0.3) is 11.3 Å². The molecule has 3 heterocycles. The molecule has 0 aliphatic carbocycles. The molecule has 0 saturated carbocycles. The Morgan fingerprint density at radius 1 is 1.15 bits per heavy atom. The van der Waals surface area contributed by atoms with Crippen LogP contribution in [0, 0.1) is 12.3 Å². The average molecular weight is 357 g/mol. The number of nitrogens with one attached hydrogen (secondary N) is 1. The predicted molar refractivity (Wildman–Crippen MR) is 106 cm³/mol. The van der Waals surface area contributed by atoms with Crippen molar-refractivity contribution >= 4 is 5.82 Å². The standard InChI is InChI=1S/C20H32N6/c1-15-17(14-25(5)24-15)18-6-7-19(23-22-18)21-16-8-11-26(12-9-16)13-10-20(2,3)4/h6-7,14,16H,8-13H2,1-5H3,(H,21,23). The van der Waals surface area contributed by atoms with Crippen molar-refractivity contribution in [1.82, 2.24) is 24.9 Å². The van der Waals surface area contributed by atoms with Gasteiger partial charge in [0.2, 0.25) is 0 Å². The van der Waals surface area contributed by atoms with Gasteiger partial charge in [-0.3, -0.25) is 4.68 Å². The Morgan fingerprint density at radius 3 is 2.42 bits per heavy atom. The zero-order valence-corrected chi connectivity index (χ0v) is 16.8. The van der Waals surface area contributed by atoms with Crippen LogP contribution in [0.3, 0.4) is 0 Å². The van der Waals surface area contributed by atoms with Gasteiger partial charge in [0.15, 0.2) is 0 Å². The molecule has 0 aromatic carbocycles. The maximum atomic E-state index is 4.38. The van der Waals surface area contributed by atoms with Crippen molar-refractivity contribution in [3.8, 4) is 11.3 Å². The van der Waals surface area contributed by atoms with Crippen molar-refractivity contribution in [1.29, 1.82) is 0 Å². The summed E-state index contributed by atoms with van der Waals surface area (Å²) >= 11 is 0. The Kier molecular flexibility index (Phi) is 5.61. The van der Waals surface area contributed by atoms with E-state index in [2.05, 4.69) is 46.3 Å². The summed E-state index contributed by atoms with van der Waals surface area (Å²) in [5.74, 6) is 0.864. The summed E-state index contributed by atoms with van der Waals surface area (Å²) in [6, 6.07) is 4.54. The summed E-state index contributed by atoms with van der Waals surface area (Å²) < 4.78 is 1.81. The molecule has 0 amide bonds. The fourth-order valence-corrected chi connectivity index (χ4v) is 3.41. The van der Waals surface area contributed by atoms with Crippen LogP contribution < -0.4 is 5.32 Å². The van der Waals surface area contributed by atoms with Gasteiger partial charge in [-0.2, -0.15) is 5.10 Å². The molecule has 0 unspecified atom stereocenters. The summed E-state index contributed by atoms with van der Waals surface area (Å²) in [5.41, 5.74) is 3.31. The quantitative estimate of drug-likeness (QED) is 0.888. The summed E-state index contributed by atoms with van der Waals surface area (Å²) in [5, 5.41) is 16.7. The molecule has 1 fully saturated rings. The Morgan fingerprint density at radius 2 is 1.88 bits per heavy atom. The molecule has 1 saturated heterocycles. The van der Waals surface area contributed by atoms with Crippen molar-refractivity contribution < 1.29 is 0 Å². The van der Waals surface area contributed by atoms with Crippen LogP contribution in [-0.2, 0) is 7.05 Å². The maximum absolute atomic E-state index is 4.38. The van der Waals surface area contributed by atoms with E-state index in [4.69, 9.17) is 0 Å². The first-order chi connectivity index (χ1) is 12.3. The molecule has 0 bridgehead atoms. The smallest absolute Gasteiger partial charge is 0.148 e. The van der Waals surface area contributed by atoms with E-state index >= 15 is 0 Å². The maximum Gasteiger partial charge on any atom is 0.148 e. The second-order valence-electron chi connectivity index (χ2n) is 8.68. The summed E-state index contributed by atoms with van der Waals surface area (Å²) in [6.45, 7) is 12.5. The molecule has 142 valence electrons. The number of likely N-dealkylation sites (tertiary alicyclic amines) is 1. The van der Waals surface area contributed by atoms with Gasteiger partial charge in [-0.05, 0) is 50.3 Å². The number of aryl methyl sites for hydroxylation is 2. The Hall–Kier alpha value is -1.95. The normalized spacial score (nSPS) is 16.8. The van der Waals surface area contributed by atoms with Gasteiger partial charge in [-0.15, -0.1) is 10.2 Å². The number of anilines is 1. The van der Waals surface area contributed by atoms with Crippen LogP contribution in [-0.4, -0.2) is 50.6 Å². The molecular formula is C20H32N6. The number of rotatable bonds is 5. The number of piperidine rings is 1. The van der Waals surface area contributed by atoms with E-state index in [0.29, 0.717) is 11.5 Å². The van der Waals surface area contributed by atoms with Crippen molar-refractivity contribution in [3.63, 3.8) is 0 Å². The van der Waals surface area contributed by atoms with E-state index in [1.165, 1.54) is 13.0 Å². The topological polar surface area (TPSA) is 58.9 Å². The third kappa shape index (κ3) is 5.04. The molecule has 6 heteroatoms. The van der Waals surface area contributed by atoms with Crippen LogP contribution in [0.4, 0.5) is 5.82 Å². The van der Waals surface area contributed by atoms with E-state index < -0.39 is 0 Å². The monoisotopic (exact) mass is 356 g/mol. The van der Waals surface area contributed by atoms with Crippen molar-refractivity contribution in [2.75, 3.05) is 25.0 Å². The summed E-state index contributed by atoms with van der Waals surface area (Å²) in [7, 11) is 1.92. The lowest BCUT2D eigenvalue weighted by Crippen LogP contribution is -2.40. The van der Waals surface area contributed by atoms with E-state index in [9.17, 15) is 0 Å². The summed E-state index contributed by atoms with van der Waals surface area (Å²) in [4.78, 5) is 2.59. The van der Waals surface area contributed by atoms with Crippen molar-refractivity contribution in [2.45, 2.75) is 53.0 Å². The lowest BCUT2D eigenvalue weighted by atomic mass is 9.91. The van der Waals surface area contributed by atoms with Crippen molar-refractivity contribution in [2.24, 2.45) is 12.5 Å². The second-order valence-corrected chi connectivity index (χ2v) is 8.68. The minimum Gasteiger partial charge on any atom is -0.366 e. The summed E-state index contributed by atoms with van der Waals surface area (Å²) in [6.07, 6.45) is 5.57. The first kappa shape index (κ1) is 18.8. The van der Waals surface area contributed by atoms with Gasteiger partial charge in [0.1, 0.15) is 5.82 Å². The second kappa shape index (κ2) is 7.74. The number of aromatic nitrogens is 4. The van der Waals surface area contributed by atoms with E-state index in [1.807, 2.05) is 37.0 Å². The third-order valence-electron chi connectivity index (χ3n) is 5.07. The highest BCUT2D eigenvalue weighted by atomic mass is 15.3. The zero-order chi connectivity index (χ0) is 18.7. The minimum atomic E-state index is 0.416. The molecule has 6 nitrogen and oxygen atoms in total. The van der Waals surface area contributed by atoms with Gasteiger partial charge >= 0.3 is 0 Å². The molecule has 1 aliphatic heterocycles.